The Bertz CT molecular complexity index is 336. The van der Waals surface area contributed by atoms with E-state index >= 15 is 0 Å². The molecular formula is C11H12O3. The summed E-state index contributed by atoms with van der Waals surface area (Å²) in [7, 11) is 0. The van der Waals surface area contributed by atoms with Gasteiger partial charge in [0.05, 0.1) is 0 Å². The van der Waals surface area contributed by atoms with Gasteiger partial charge in [-0.2, -0.15) is 0 Å². The van der Waals surface area contributed by atoms with E-state index < -0.39 is 5.60 Å². The number of aliphatic hydroxyl groups excluding tert-OH is 1. The summed E-state index contributed by atoms with van der Waals surface area (Å²) in [6, 6.07) is 0. The molecular weight excluding hydrogens is 180 g/mol. The third-order valence-corrected chi connectivity index (χ3v) is 1.87. The molecule has 0 aromatic rings. The predicted molar refractivity (Wildman–Crippen MR) is 53.8 cm³/mol. The van der Waals surface area contributed by atoms with Gasteiger partial charge < -0.3 is 10.2 Å². The predicted octanol–water partition coefficient (Wildman–Crippen LogP) is 1.43. The van der Waals surface area contributed by atoms with E-state index in [9.17, 15) is 9.90 Å². The average molecular weight is 192 g/mol. The summed E-state index contributed by atoms with van der Waals surface area (Å²) < 4.78 is 0. The highest BCUT2D eigenvalue weighted by Gasteiger charge is 2.22. The molecule has 1 unspecified atom stereocenters. The maximum absolute atomic E-state index is 10.9. The van der Waals surface area contributed by atoms with E-state index in [1.807, 2.05) is 0 Å². The van der Waals surface area contributed by atoms with Crippen molar-refractivity contribution in [2.45, 2.75) is 12.0 Å². The summed E-state index contributed by atoms with van der Waals surface area (Å²) in [5.41, 5.74) is -1.27. The number of hydrogen-bond acceptors (Lipinski definition) is 3. The summed E-state index contributed by atoms with van der Waals surface area (Å²) in [5, 5.41) is 19.0. The van der Waals surface area contributed by atoms with Gasteiger partial charge >= 0.3 is 0 Å². The van der Waals surface area contributed by atoms with Crippen LogP contribution in [0, 0.1) is 0 Å². The van der Waals surface area contributed by atoms with Crippen LogP contribution in [0.2, 0.25) is 0 Å². The summed E-state index contributed by atoms with van der Waals surface area (Å²) in [5.74, 6) is -0.282. The van der Waals surface area contributed by atoms with Crippen molar-refractivity contribution < 1.29 is 15.0 Å². The highest BCUT2D eigenvalue weighted by Crippen LogP contribution is 2.21. The molecule has 0 aromatic heterocycles. The lowest BCUT2D eigenvalue weighted by atomic mass is 9.94. The lowest BCUT2D eigenvalue weighted by Gasteiger charge is -2.21. The molecule has 0 bridgehead atoms. The number of hydrogen-bond donors (Lipinski definition) is 2. The van der Waals surface area contributed by atoms with Crippen molar-refractivity contribution in [2.24, 2.45) is 0 Å². The Balaban J connectivity index is 2.77. The summed E-state index contributed by atoms with van der Waals surface area (Å²) in [6.07, 6.45) is 8.50. The molecule has 0 heterocycles. The highest BCUT2D eigenvalue weighted by molar-refractivity contribution is 5.98. The maximum atomic E-state index is 10.9. The fourth-order valence-electron chi connectivity index (χ4n) is 1.14. The standard InChI is InChI=1S/C11H12O3/c1-2-9(12)5-7-11(14)6-3-4-10(13)8-11/h2-5,7-8,13-14H,1,6H2. The largest absolute Gasteiger partial charge is 0.508 e. The zero-order valence-corrected chi connectivity index (χ0v) is 7.68. The van der Waals surface area contributed by atoms with Gasteiger partial charge in [0.25, 0.3) is 0 Å². The van der Waals surface area contributed by atoms with Crippen LogP contribution in [-0.2, 0) is 4.79 Å². The van der Waals surface area contributed by atoms with Crippen LogP contribution < -0.4 is 0 Å². The molecule has 1 rings (SSSR count). The molecule has 0 saturated heterocycles. The first-order chi connectivity index (χ1) is 6.56. The van der Waals surface area contributed by atoms with Crippen molar-refractivity contribution in [2.75, 3.05) is 0 Å². The maximum Gasteiger partial charge on any atom is 0.177 e. The molecule has 0 radical (unpaired) electrons. The topological polar surface area (TPSA) is 57.5 Å². The molecule has 1 aliphatic carbocycles. The zero-order valence-electron chi connectivity index (χ0n) is 7.68. The molecule has 0 saturated carbocycles. The Morgan fingerprint density at radius 1 is 1.64 bits per heavy atom. The second-order valence-corrected chi connectivity index (χ2v) is 3.11. The first-order valence-corrected chi connectivity index (χ1v) is 4.22. The normalized spacial score (nSPS) is 26.2. The van der Waals surface area contributed by atoms with Crippen molar-refractivity contribution in [1.82, 2.24) is 0 Å². The molecule has 3 nitrogen and oxygen atoms in total. The Morgan fingerprint density at radius 3 is 2.93 bits per heavy atom. The van der Waals surface area contributed by atoms with E-state index in [1.165, 1.54) is 24.3 Å². The van der Waals surface area contributed by atoms with E-state index in [4.69, 9.17) is 5.11 Å². The fraction of sp³-hybridized carbons (Fsp3) is 0.182. The van der Waals surface area contributed by atoms with Gasteiger partial charge in [0, 0.05) is 6.42 Å². The van der Waals surface area contributed by atoms with Crippen molar-refractivity contribution >= 4 is 5.78 Å². The lowest BCUT2D eigenvalue weighted by Crippen LogP contribution is -2.24. The smallest absolute Gasteiger partial charge is 0.177 e. The van der Waals surface area contributed by atoms with Crippen LogP contribution in [0.25, 0.3) is 0 Å². The van der Waals surface area contributed by atoms with Crippen LogP contribution >= 0.6 is 0 Å². The van der Waals surface area contributed by atoms with Gasteiger partial charge in [0.15, 0.2) is 5.78 Å². The Labute approximate surface area is 82.4 Å². The zero-order chi connectivity index (χ0) is 10.6. The van der Waals surface area contributed by atoms with Crippen LogP contribution in [-0.4, -0.2) is 21.6 Å². The van der Waals surface area contributed by atoms with Gasteiger partial charge in [-0.25, -0.2) is 0 Å². The quantitative estimate of drug-likeness (QED) is 0.665. The average Bonchev–Trinajstić information content (AvgIpc) is 2.14. The third kappa shape index (κ3) is 2.71. The fourth-order valence-corrected chi connectivity index (χ4v) is 1.14. The van der Waals surface area contributed by atoms with E-state index in [1.54, 1.807) is 6.08 Å². The van der Waals surface area contributed by atoms with Crippen LogP contribution in [0.5, 0.6) is 0 Å². The molecule has 1 aliphatic rings. The Hall–Kier alpha value is -1.61. The van der Waals surface area contributed by atoms with Gasteiger partial charge in [-0.15, -0.1) is 0 Å². The van der Waals surface area contributed by atoms with Crippen molar-refractivity contribution in [1.29, 1.82) is 0 Å². The highest BCUT2D eigenvalue weighted by atomic mass is 16.3. The van der Waals surface area contributed by atoms with E-state index in [-0.39, 0.29) is 11.5 Å². The molecule has 1 atom stereocenters. The summed E-state index contributed by atoms with van der Waals surface area (Å²) in [4.78, 5) is 10.9. The van der Waals surface area contributed by atoms with E-state index in [2.05, 4.69) is 6.58 Å². The van der Waals surface area contributed by atoms with Crippen molar-refractivity contribution in [3.63, 3.8) is 0 Å². The first kappa shape index (κ1) is 10.5. The molecule has 0 amide bonds. The Morgan fingerprint density at radius 2 is 2.36 bits per heavy atom. The van der Waals surface area contributed by atoms with Crippen LogP contribution in [0.4, 0.5) is 0 Å². The van der Waals surface area contributed by atoms with Crippen molar-refractivity contribution in [3.05, 3.63) is 48.8 Å². The number of rotatable bonds is 3. The molecule has 14 heavy (non-hydrogen) atoms. The minimum atomic E-state index is -1.27. The van der Waals surface area contributed by atoms with Gasteiger partial charge in [-0.3, -0.25) is 4.79 Å². The number of carbonyl (C=O) groups excluding carboxylic acids is 1. The molecule has 0 aliphatic heterocycles. The molecule has 3 heteroatoms. The van der Waals surface area contributed by atoms with Gasteiger partial charge in [-0.05, 0) is 30.4 Å². The minimum Gasteiger partial charge on any atom is -0.508 e. The number of aliphatic hydroxyl groups is 2. The van der Waals surface area contributed by atoms with Crippen molar-refractivity contribution in [3.8, 4) is 0 Å². The number of carbonyl (C=O) groups is 1. The first-order valence-electron chi connectivity index (χ1n) is 4.22. The molecule has 0 aromatic carbocycles. The van der Waals surface area contributed by atoms with Gasteiger partial charge in [0.2, 0.25) is 0 Å². The number of ketones is 1. The third-order valence-electron chi connectivity index (χ3n) is 1.87. The second-order valence-electron chi connectivity index (χ2n) is 3.11. The molecule has 74 valence electrons. The minimum absolute atomic E-state index is 0.00514. The molecule has 0 fully saturated rings. The van der Waals surface area contributed by atoms with Crippen LogP contribution in [0.3, 0.4) is 0 Å². The second kappa shape index (κ2) is 4.07. The Kier molecular flexibility index (Phi) is 3.04. The number of allylic oxidation sites excluding steroid dienone is 3. The van der Waals surface area contributed by atoms with E-state index in [0.717, 1.165) is 6.08 Å². The lowest BCUT2D eigenvalue weighted by molar-refractivity contribution is -0.110. The van der Waals surface area contributed by atoms with E-state index in [0.29, 0.717) is 6.42 Å². The van der Waals surface area contributed by atoms with Gasteiger partial charge in [-0.1, -0.05) is 12.7 Å². The van der Waals surface area contributed by atoms with Crippen LogP contribution in [0.15, 0.2) is 48.8 Å². The molecule has 0 spiro atoms. The van der Waals surface area contributed by atoms with Gasteiger partial charge in [0.1, 0.15) is 11.4 Å². The summed E-state index contributed by atoms with van der Waals surface area (Å²) in [6.45, 7) is 3.30. The molecule has 2 N–H and O–H groups in total. The summed E-state index contributed by atoms with van der Waals surface area (Å²) >= 11 is 0. The SMILES string of the molecule is C=CC(=O)C=CC1(O)C=C(O)C=CC1. The van der Waals surface area contributed by atoms with Crippen LogP contribution in [0.1, 0.15) is 6.42 Å². The monoisotopic (exact) mass is 192 g/mol.